The van der Waals surface area contributed by atoms with Gasteiger partial charge in [-0.1, -0.05) is 54.2 Å². The van der Waals surface area contributed by atoms with E-state index in [2.05, 4.69) is 49.1 Å². The molecule has 0 fully saturated rings. The van der Waals surface area contributed by atoms with Crippen LogP contribution in [0, 0.1) is 0 Å². The van der Waals surface area contributed by atoms with Gasteiger partial charge in [0.15, 0.2) is 0 Å². The zero-order valence-electron chi connectivity index (χ0n) is 10.1. The molecule has 0 heteroatoms. The van der Waals surface area contributed by atoms with Gasteiger partial charge < -0.3 is 0 Å². The molecule has 1 rings (SSSR count). The third-order valence-corrected chi connectivity index (χ3v) is 2.64. The fourth-order valence-corrected chi connectivity index (χ4v) is 1.71. The van der Waals surface area contributed by atoms with Gasteiger partial charge >= 0.3 is 0 Å². The number of unbranched alkanes of at least 4 members (excludes halogenated alkanes) is 1. The first-order valence-electron chi connectivity index (χ1n) is 6.23. The Morgan fingerprint density at radius 1 is 1.06 bits per heavy atom. The van der Waals surface area contributed by atoms with Gasteiger partial charge in [0, 0.05) is 0 Å². The normalized spacial score (nSPS) is 17.4. The minimum Gasteiger partial charge on any atom is -0.103 e. The molecule has 0 N–H and O–H groups in total. The summed E-state index contributed by atoms with van der Waals surface area (Å²) in [5.74, 6) is 0. The Bertz CT molecular complexity index is 300. The quantitative estimate of drug-likeness (QED) is 0.327. The highest BCUT2D eigenvalue weighted by molar-refractivity contribution is 5.24. The molecule has 1 aliphatic carbocycles. The third-order valence-electron chi connectivity index (χ3n) is 2.64. The van der Waals surface area contributed by atoms with E-state index in [1.54, 1.807) is 0 Å². The Morgan fingerprint density at radius 2 is 1.94 bits per heavy atom. The van der Waals surface area contributed by atoms with Crippen molar-refractivity contribution in [2.75, 3.05) is 0 Å². The summed E-state index contributed by atoms with van der Waals surface area (Å²) in [7, 11) is 0. The summed E-state index contributed by atoms with van der Waals surface area (Å²) < 4.78 is 0. The molecular weight excluding hydrogens is 192 g/mol. The van der Waals surface area contributed by atoms with Crippen molar-refractivity contribution < 1.29 is 0 Å². The Kier molecular flexibility index (Phi) is 7.15. The molecule has 0 saturated carbocycles. The van der Waals surface area contributed by atoms with Gasteiger partial charge in [0.1, 0.15) is 0 Å². The van der Waals surface area contributed by atoms with Crippen LogP contribution in [0.3, 0.4) is 0 Å². The van der Waals surface area contributed by atoms with Gasteiger partial charge in [-0.2, -0.15) is 0 Å². The maximum atomic E-state index is 3.69. The molecule has 0 saturated heterocycles. The maximum absolute atomic E-state index is 3.69. The lowest BCUT2D eigenvalue weighted by atomic mass is 9.99. The summed E-state index contributed by atoms with van der Waals surface area (Å²) in [6.45, 7) is 3.69. The van der Waals surface area contributed by atoms with E-state index in [-0.39, 0.29) is 0 Å². The monoisotopic (exact) mass is 214 g/mol. The van der Waals surface area contributed by atoms with Crippen LogP contribution in [0.5, 0.6) is 0 Å². The molecule has 0 radical (unpaired) electrons. The largest absolute Gasteiger partial charge is 0.103 e. The zero-order chi connectivity index (χ0) is 11.5. The Morgan fingerprint density at radius 3 is 2.69 bits per heavy atom. The minimum atomic E-state index is 1.06. The number of allylic oxidation sites excluding steroid dienone is 9. The van der Waals surface area contributed by atoms with E-state index in [9.17, 15) is 0 Å². The van der Waals surface area contributed by atoms with E-state index in [1.165, 1.54) is 31.3 Å². The topological polar surface area (TPSA) is 0 Å². The van der Waals surface area contributed by atoms with Crippen LogP contribution in [0.25, 0.3) is 0 Å². The molecule has 0 aromatic heterocycles. The molecule has 0 bridgehead atoms. The van der Waals surface area contributed by atoms with E-state index >= 15 is 0 Å². The van der Waals surface area contributed by atoms with Gasteiger partial charge in [-0.3, -0.25) is 0 Å². The van der Waals surface area contributed by atoms with E-state index in [0.29, 0.717) is 0 Å². The molecule has 1 aliphatic rings. The summed E-state index contributed by atoms with van der Waals surface area (Å²) >= 11 is 0. The summed E-state index contributed by atoms with van der Waals surface area (Å²) in [5.41, 5.74) is 1.49. The van der Waals surface area contributed by atoms with Crippen molar-refractivity contribution in [1.82, 2.24) is 0 Å². The van der Waals surface area contributed by atoms with E-state index in [4.69, 9.17) is 0 Å². The molecule has 0 aliphatic heterocycles. The van der Waals surface area contributed by atoms with Gasteiger partial charge in [-0.25, -0.2) is 0 Å². The van der Waals surface area contributed by atoms with E-state index < -0.39 is 0 Å². The van der Waals surface area contributed by atoms with Crippen LogP contribution in [0.4, 0.5) is 0 Å². The van der Waals surface area contributed by atoms with Crippen LogP contribution in [0.15, 0.2) is 60.8 Å². The predicted molar refractivity (Wildman–Crippen MR) is 73.4 cm³/mol. The molecule has 0 heterocycles. The predicted octanol–water partition coefficient (Wildman–Crippen LogP) is 5.12. The average Bonchev–Trinajstić information content (AvgIpc) is 2.34. The highest BCUT2D eigenvalue weighted by Gasteiger charge is 1.98. The fourth-order valence-electron chi connectivity index (χ4n) is 1.71. The van der Waals surface area contributed by atoms with Gasteiger partial charge in [0.25, 0.3) is 0 Å². The first kappa shape index (κ1) is 12.8. The SMILES string of the molecule is C=CCCC=CC=CC=CC1=CCCCC1. The highest BCUT2D eigenvalue weighted by atomic mass is 14.0. The van der Waals surface area contributed by atoms with Gasteiger partial charge in [-0.05, 0) is 38.5 Å². The molecule has 0 atom stereocenters. The fraction of sp³-hybridized carbons (Fsp3) is 0.375. The van der Waals surface area contributed by atoms with Crippen LogP contribution in [0.2, 0.25) is 0 Å². The summed E-state index contributed by atoms with van der Waals surface area (Å²) in [4.78, 5) is 0. The summed E-state index contributed by atoms with van der Waals surface area (Å²) in [6, 6.07) is 0. The summed E-state index contributed by atoms with van der Waals surface area (Å²) in [5, 5.41) is 0. The minimum absolute atomic E-state index is 1.06. The summed E-state index contributed by atoms with van der Waals surface area (Å²) in [6.07, 6.45) is 24.5. The second-order valence-corrected chi connectivity index (χ2v) is 4.06. The molecule has 16 heavy (non-hydrogen) atoms. The second-order valence-electron chi connectivity index (χ2n) is 4.06. The lowest BCUT2D eigenvalue weighted by Gasteiger charge is -2.07. The highest BCUT2D eigenvalue weighted by Crippen LogP contribution is 2.17. The van der Waals surface area contributed by atoms with Crippen molar-refractivity contribution in [3.05, 3.63) is 60.8 Å². The molecular formula is C16H22. The first-order chi connectivity index (χ1) is 7.93. The average molecular weight is 214 g/mol. The lowest BCUT2D eigenvalue weighted by molar-refractivity contribution is 0.712. The zero-order valence-corrected chi connectivity index (χ0v) is 10.1. The number of hydrogen-bond acceptors (Lipinski definition) is 0. The Balaban J connectivity index is 2.19. The smallest absolute Gasteiger partial charge is 0.0282 e. The molecule has 0 nitrogen and oxygen atoms in total. The Labute approximate surface area is 99.8 Å². The molecule has 0 unspecified atom stereocenters. The van der Waals surface area contributed by atoms with Crippen molar-refractivity contribution in [3.8, 4) is 0 Å². The van der Waals surface area contributed by atoms with Crippen molar-refractivity contribution >= 4 is 0 Å². The van der Waals surface area contributed by atoms with Gasteiger partial charge in [-0.15, -0.1) is 6.58 Å². The van der Waals surface area contributed by atoms with Crippen molar-refractivity contribution in [2.45, 2.75) is 38.5 Å². The number of hydrogen-bond donors (Lipinski definition) is 0. The van der Waals surface area contributed by atoms with Crippen LogP contribution >= 0.6 is 0 Å². The second kappa shape index (κ2) is 8.96. The van der Waals surface area contributed by atoms with Crippen molar-refractivity contribution in [2.24, 2.45) is 0 Å². The first-order valence-corrected chi connectivity index (χ1v) is 6.23. The Hall–Kier alpha value is -1.30. The van der Waals surface area contributed by atoms with Crippen LogP contribution in [-0.4, -0.2) is 0 Å². The molecule has 86 valence electrons. The standard InChI is InChI=1S/C16H22/c1-2-3-4-5-6-7-8-10-13-16-14-11-9-12-15-16/h2,5-8,10,13-14H,1,3-4,9,11-12,15H2. The van der Waals surface area contributed by atoms with E-state index in [0.717, 1.165) is 12.8 Å². The molecule has 0 aromatic carbocycles. The molecule has 0 amide bonds. The van der Waals surface area contributed by atoms with Crippen LogP contribution in [-0.2, 0) is 0 Å². The number of rotatable bonds is 6. The van der Waals surface area contributed by atoms with Crippen LogP contribution in [0.1, 0.15) is 38.5 Å². The molecule has 0 aromatic rings. The molecule has 0 spiro atoms. The van der Waals surface area contributed by atoms with Crippen molar-refractivity contribution in [1.29, 1.82) is 0 Å². The van der Waals surface area contributed by atoms with Crippen LogP contribution < -0.4 is 0 Å². The van der Waals surface area contributed by atoms with E-state index in [1.807, 2.05) is 6.08 Å². The third kappa shape index (κ3) is 6.23. The van der Waals surface area contributed by atoms with Gasteiger partial charge in [0.05, 0.1) is 0 Å². The maximum Gasteiger partial charge on any atom is -0.0282 e. The van der Waals surface area contributed by atoms with Crippen molar-refractivity contribution in [3.63, 3.8) is 0 Å². The van der Waals surface area contributed by atoms with Gasteiger partial charge in [0.2, 0.25) is 0 Å². The lowest BCUT2D eigenvalue weighted by Crippen LogP contribution is -1.87.